The number of furan rings is 1. The van der Waals surface area contributed by atoms with Crippen LogP contribution in [0, 0.1) is 13.8 Å². The van der Waals surface area contributed by atoms with Crippen LogP contribution in [0.2, 0.25) is 0 Å². The third-order valence-electron chi connectivity index (χ3n) is 3.94. The highest BCUT2D eigenvalue weighted by molar-refractivity contribution is 7.17. The molecule has 0 aliphatic heterocycles. The van der Waals surface area contributed by atoms with Crippen molar-refractivity contribution in [3.63, 3.8) is 0 Å². The number of nitrogens with one attached hydrogen (secondary N) is 1. The highest BCUT2D eigenvalue weighted by Gasteiger charge is 2.26. The van der Waals surface area contributed by atoms with E-state index >= 15 is 0 Å². The Morgan fingerprint density at radius 2 is 1.81 bits per heavy atom. The summed E-state index contributed by atoms with van der Waals surface area (Å²) in [5, 5.41) is 3.25. The van der Waals surface area contributed by atoms with Crippen molar-refractivity contribution in [1.29, 1.82) is 0 Å². The van der Waals surface area contributed by atoms with E-state index in [1.807, 2.05) is 38.1 Å². The van der Waals surface area contributed by atoms with E-state index in [1.54, 1.807) is 26.0 Å². The molecule has 0 unspecified atom stereocenters. The number of hydrogen-bond acceptors (Lipinski definition) is 5. The molecule has 0 fully saturated rings. The van der Waals surface area contributed by atoms with Gasteiger partial charge < -0.3 is 14.5 Å². The zero-order valence-electron chi connectivity index (χ0n) is 15.7. The van der Waals surface area contributed by atoms with Gasteiger partial charge in [0.05, 0.1) is 12.4 Å². The first kappa shape index (κ1) is 18.9. The standard InChI is InChI=1S/C21H21NO4S/c1-12(2)26-21(24)18-17(15-9-7-13(3)8-10-15)14(4)27-20(18)22-19(23)16-6-5-11-25-16/h5-12H,1-4H3,(H,22,23). The third-order valence-corrected chi connectivity index (χ3v) is 4.96. The largest absolute Gasteiger partial charge is 0.459 e. The Morgan fingerprint density at radius 3 is 2.41 bits per heavy atom. The molecule has 0 bridgehead atoms. The Morgan fingerprint density at radius 1 is 1.11 bits per heavy atom. The lowest BCUT2D eigenvalue weighted by Gasteiger charge is -2.12. The van der Waals surface area contributed by atoms with E-state index in [4.69, 9.17) is 9.15 Å². The van der Waals surface area contributed by atoms with Gasteiger partial charge >= 0.3 is 5.97 Å². The number of esters is 1. The SMILES string of the molecule is Cc1ccc(-c2c(C)sc(NC(=O)c3ccco3)c2C(=O)OC(C)C)cc1. The van der Waals surface area contributed by atoms with Crippen LogP contribution in [0.1, 0.15) is 45.2 Å². The Kier molecular flexibility index (Phi) is 5.46. The first-order valence-electron chi connectivity index (χ1n) is 8.63. The maximum absolute atomic E-state index is 12.8. The fraction of sp³-hybridized carbons (Fsp3) is 0.238. The van der Waals surface area contributed by atoms with Gasteiger partial charge in [0, 0.05) is 10.4 Å². The molecular formula is C21H21NO4S. The second kappa shape index (κ2) is 7.80. The molecule has 27 heavy (non-hydrogen) atoms. The lowest BCUT2D eigenvalue weighted by molar-refractivity contribution is 0.0380. The molecule has 1 amide bonds. The smallest absolute Gasteiger partial charge is 0.342 e. The molecule has 0 saturated heterocycles. The third kappa shape index (κ3) is 4.11. The molecule has 0 saturated carbocycles. The Bertz CT molecular complexity index is 953. The van der Waals surface area contributed by atoms with E-state index in [0.29, 0.717) is 10.6 Å². The van der Waals surface area contributed by atoms with E-state index in [9.17, 15) is 9.59 Å². The van der Waals surface area contributed by atoms with Crippen LogP contribution in [0.4, 0.5) is 5.00 Å². The van der Waals surface area contributed by atoms with Crippen molar-refractivity contribution in [1.82, 2.24) is 0 Å². The second-order valence-corrected chi connectivity index (χ2v) is 7.71. The van der Waals surface area contributed by atoms with E-state index in [2.05, 4.69) is 5.32 Å². The maximum Gasteiger partial charge on any atom is 0.342 e. The molecule has 1 N–H and O–H groups in total. The van der Waals surface area contributed by atoms with Crippen molar-refractivity contribution < 1.29 is 18.7 Å². The summed E-state index contributed by atoms with van der Waals surface area (Å²) in [6.45, 7) is 7.52. The lowest BCUT2D eigenvalue weighted by Crippen LogP contribution is -2.16. The first-order chi connectivity index (χ1) is 12.9. The van der Waals surface area contributed by atoms with Crippen molar-refractivity contribution in [3.8, 4) is 11.1 Å². The Balaban J connectivity index is 2.07. The molecule has 5 nitrogen and oxygen atoms in total. The van der Waals surface area contributed by atoms with Crippen molar-refractivity contribution in [2.24, 2.45) is 0 Å². The summed E-state index contributed by atoms with van der Waals surface area (Å²) >= 11 is 1.35. The lowest BCUT2D eigenvalue weighted by atomic mass is 10.0. The molecule has 6 heteroatoms. The highest BCUT2D eigenvalue weighted by Crippen LogP contribution is 2.40. The summed E-state index contributed by atoms with van der Waals surface area (Å²) in [4.78, 5) is 26.2. The highest BCUT2D eigenvalue weighted by atomic mass is 32.1. The fourth-order valence-corrected chi connectivity index (χ4v) is 3.80. The van der Waals surface area contributed by atoms with Crippen LogP contribution in [0.25, 0.3) is 11.1 Å². The molecule has 2 heterocycles. The van der Waals surface area contributed by atoms with Gasteiger partial charge in [0.1, 0.15) is 10.6 Å². The number of carbonyl (C=O) groups excluding carboxylic acids is 2. The minimum absolute atomic E-state index is 0.182. The van der Waals surface area contributed by atoms with Gasteiger partial charge in [0.15, 0.2) is 5.76 Å². The van der Waals surface area contributed by atoms with Gasteiger partial charge in [0.2, 0.25) is 0 Å². The zero-order valence-corrected chi connectivity index (χ0v) is 16.5. The van der Waals surface area contributed by atoms with Crippen molar-refractivity contribution in [3.05, 3.63) is 64.4 Å². The van der Waals surface area contributed by atoms with Crippen molar-refractivity contribution >= 4 is 28.2 Å². The summed E-state index contributed by atoms with van der Waals surface area (Å²) in [6, 6.07) is 11.1. The van der Waals surface area contributed by atoms with Crippen LogP contribution in [-0.4, -0.2) is 18.0 Å². The number of hydrogen-bond donors (Lipinski definition) is 1. The molecule has 0 aliphatic rings. The van der Waals surface area contributed by atoms with Gasteiger partial charge in [-0.15, -0.1) is 11.3 Å². The van der Waals surface area contributed by atoms with Gasteiger partial charge in [-0.25, -0.2) is 4.79 Å². The van der Waals surface area contributed by atoms with Gasteiger partial charge in [0.25, 0.3) is 5.91 Å². The normalized spacial score (nSPS) is 10.9. The number of rotatable bonds is 5. The topological polar surface area (TPSA) is 68.5 Å². The molecule has 0 atom stereocenters. The van der Waals surface area contributed by atoms with E-state index in [1.165, 1.54) is 17.6 Å². The summed E-state index contributed by atoms with van der Waals surface area (Å²) in [7, 11) is 0. The number of carbonyl (C=O) groups is 2. The minimum Gasteiger partial charge on any atom is -0.459 e. The van der Waals surface area contributed by atoms with Crippen LogP contribution < -0.4 is 5.32 Å². The predicted octanol–water partition coefficient (Wildman–Crippen LogP) is 5.44. The second-order valence-electron chi connectivity index (χ2n) is 6.49. The van der Waals surface area contributed by atoms with Crippen molar-refractivity contribution in [2.75, 3.05) is 5.32 Å². The molecule has 0 radical (unpaired) electrons. The van der Waals surface area contributed by atoms with Crippen LogP contribution in [-0.2, 0) is 4.74 Å². The summed E-state index contributed by atoms with van der Waals surface area (Å²) in [5.74, 6) is -0.684. The van der Waals surface area contributed by atoms with Crippen LogP contribution in [0.3, 0.4) is 0 Å². The average Bonchev–Trinajstić information content (AvgIpc) is 3.23. The van der Waals surface area contributed by atoms with Crippen molar-refractivity contribution in [2.45, 2.75) is 33.8 Å². The molecule has 3 aromatic rings. The zero-order chi connectivity index (χ0) is 19.6. The number of ether oxygens (including phenoxy) is 1. The molecule has 1 aromatic carbocycles. The molecule has 0 aliphatic carbocycles. The van der Waals surface area contributed by atoms with Crippen LogP contribution >= 0.6 is 11.3 Å². The summed E-state index contributed by atoms with van der Waals surface area (Å²) < 4.78 is 10.6. The number of thiophene rings is 1. The predicted molar refractivity (Wildman–Crippen MR) is 106 cm³/mol. The maximum atomic E-state index is 12.8. The monoisotopic (exact) mass is 383 g/mol. The van der Waals surface area contributed by atoms with Crippen LogP contribution in [0.15, 0.2) is 47.1 Å². The number of anilines is 1. The van der Waals surface area contributed by atoms with E-state index in [-0.39, 0.29) is 11.9 Å². The first-order valence-corrected chi connectivity index (χ1v) is 9.44. The van der Waals surface area contributed by atoms with Crippen LogP contribution in [0.5, 0.6) is 0 Å². The molecule has 3 rings (SSSR count). The number of benzene rings is 1. The molecule has 2 aromatic heterocycles. The minimum atomic E-state index is -0.459. The van der Waals surface area contributed by atoms with Gasteiger partial charge in [-0.05, 0) is 45.4 Å². The van der Waals surface area contributed by atoms with Gasteiger partial charge in [-0.2, -0.15) is 0 Å². The summed E-state index contributed by atoms with van der Waals surface area (Å²) in [6.07, 6.45) is 1.16. The average molecular weight is 383 g/mol. The number of amides is 1. The summed E-state index contributed by atoms with van der Waals surface area (Å²) in [5.41, 5.74) is 3.18. The number of aryl methyl sites for hydroxylation is 2. The molecular weight excluding hydrogens is 362 g/mol. The van der Waals surface area contributed by atoms with Gasteiger partial charge in [-0.3, -0.25) is 4.79 Å². The Hall–Kier alpha value is -2.86. The van der Waals surface area contributed by atoms with E-state index < -0.39 is 11.9 Å². The van der Waals surface area contributed by atoms with Gasteiger partial charge in [-0.1, -0.05) is 29.8 Å². The van der Waals surface area contributed by atoms with E-state index in [0.717, 1.165) is 21.6 Å². The molecule has 0 spiro atoms. The molecule has 140 valence electrons. The quantitative estimate of drug-likeness (QED) is 0.596. The Labute approximate surface area is 162 Å². The fourth-order valence-electron chi connectivity index (χ4n) is 2.74.